The van der Waals surface area contributed by atoms with Gasteiger partial charge in [-0.3, -0.25) is 9.89 Å². The van der Waals surface area contributed by atoms with Gasteiger partial charge >= 0.3 is 0 Å². The van der Waals surface area contributed by atoms with Crippen LogP contribution in [0.4, 0.5) is 0 Å². The molecule has 5 nitrogen and oxygen atoms in total. The van der Waals surface area contributed by atoms with Crippen molar-refractivity contribution in [2.45, 2.75) is 31.7 Å². The van der Waals surface area contributed by atoms with Crippen LogP contribution in [0, 0.1) is 0 Å². The fraction of sp³-hybridized carbons (Fsp3) is 0.625. The second kappa shape index (κ2) is 2.83. The van der Waals surface area contributed by atoms with E-state index in [-0.39, 0.29) is 11.4 Å². The third kappa shape index (κ3) is 1.85. The minimum absolute atomic E-state index is 0.0213. The van der Waals surface area contributed by atoms with Crippen LogP contribution in [0.15, 0.2) is 6.33 Å². The zero-order chi connectivity index (χ0) is 9.31. The van der Waals surface area contributed by atoms with Crippen molar-refractivity contribution in [2.75, 3.05) is 0 Å². The lowest BCUT2D eigenvalue weighted by molar-refractivity contribution is -0.119. The summed E-state index contributed by atoms with van der Waals surface area (Å²) < 4.78 is 0. The van der Waals surface area contributed by atoms with Crippen LogP contribution >= 0.6 is 0 Å². The van der Waals surface area contributed by atoms with Crippen LogP contribution in [0.25, 0.3) is 0 Å². The Morgan fingerprint density at radius 1 is 1.77 bits per heavy atom. The van der Waals surface area contributed by atoms with Gasteiger partial charge in [-0.25, -0.2) is 4.98 Å². The van der Waals surface area contributed by atoms with Gasteiger partial charge in [0.25, 0.3) is 0 Å². The quantitative estimate of drug-likeness (QED) is 0.688. The Labute approximate surface area is 75.9 Å². The molecule has 1 fully saturated rings. The Morgan fingerprint density at radius 3 is 3.00 bits per heavy atom. The summed E-state index contributed by atoms with van der Waals surface area (Å²) in [6.07, 6.45) is 4.34. The molecule has 0 atom stereocenters. The maximum absolute atomic E-state index is 10.9. The van der Waals surface area contributed by atoms with E-state index < -0.39 is 0 Å². The minimum atomic E-state index is -0.0476. The topological polar surface area (TPSA) is 70.7 Å². The van der Waals surface area contributed by atoms with Gasteiger partial charge in [-0.2, -0.15) is 5.10 Å². The first kappa shape index (κ1) is 8.22. The number of carbonyl (C=O) groups excluding carboxylic acids is 1. The van der Waals surface area contributed by atoms with Crippen molar-refractivity contribution < 1.29 is 4.79 Å². The second-order valence-corrected chi connectivity index (χ2v) is 3.55. The van der Waals surface area contributed by atoms with Crippen molar-refractivity contribution >= 4 is 5.91 Å². The zero-order valence-corrected chi connectivity index (χ0v) is 7.50. The molecule has 13 heavy (non-hydrogen) atoms. The summed E-state index contributed by atoms with van der Waals surface area (Å²) >= 11 is 0. The normalized spacial score (nSPS) is 18.2. The first-order valence-corrected chi connectivity index (χ1v) is 4.34. The molecule has 1 aliphatic carbocycles. The molecule has 0 radical (unpaired) electrons. The monoisotopic (exact) mass is 180 g/mol. The van der Waals surface area contributed by atoms with Crippen molar-refractivity contribution in [2.24, 2.45) is 0 Å². The molecule has 0 unspecified atom stereocenters. The predicted molar refractivity (Wildman–Crippen MR) is 45.9 cm³/mol. The van der Waals surface area contributed by atoms with Gasteiger partial charge in [0.05, 0.1) is 0 Å². The van der Waals surface area contributed by atoms with Crippen LogP contribution in [-0.4, -0.2) is 26.6 Å². The van der Waals surface area contributed by atoms with Gasteiger partial charge < -0.3 is 5.32 Å². The van der Waals surface area contributed by atoms with Crippen molar-refractivity contribution in [3.8, 4) is 0 Å². The third-order valence-corrected chi connectivity index (χ3v) is 2.26. The van der Waals surface area contributed by atoms with Gasteiger partial charge in [-0.15, -0.1) is 0 Å². The summed E-state index contributed by atoms with van der Waals surface area (Å²) in [4.78, 5) is 14.9. The molecule has 1 aromatic rings. The van der Waals surface area contributed by atoms with Gasteiger partial charge in [-0.05, 0) is 12.8 Å². The Bertz CT molecular complexity index is 302. The lowest BCUT2D eigenvalue weighted by atomic mass is 10.1. The molecule has 1 aliphatic rings. The number of H-pyrrole nitrogens is 1. The maximum atomic E-state index is 10.9. The minimum Gasteiger partial charge on any atom is -0.350 e. The van der Waals surface area contributed by atoms with E-state index in [1.165, 1.54) is 6.92 Å². The molecule has 70 valence electrons. The highest BCUT2D eigenvalue weighted by molar-refractivity contribution is 5.74. The molecular weight excluding hydrogens is 168 g/mol. The third-order valence-electron chi connectivity index (χ3n) is 2.26. The fourth-order valence-electron chi connectivity index (χ4n) is 1.49. The molecule has 0 saturated heterocycles. The molecule has 1 aromatic heterocycles. The molecule has 5 heteroatoms. The van der Waals surface area contributed by atoms with Crippen molar-refractivity contribution in [1.82, 2.24) is 20.5 Å². The lowest BCUT2D eigenvalue weighted by Crippen LogP contribution is -2.37. The predicted octanol–water partition coefficient (Wildman–Crippen LogP) is 0.0159. The molecule has 0 aromatic carbocycles. The molecule has 1 saturated carbocycles. The number of nitrogens with one attached hydrogen (secondary N) is 2. The van der Waals surface area contributed by atoms with Crippen LogP contribution in [0.1, 0.15) is 25.6 Å². The van der Waals surface area contributed by atoms with Gasteiger partial charge in [0.1, 0.15) is 6.33 Å². The SMILES string of the molecule is CC(=O)NC1(Cc2nc[nH]n2)CC1. The summed E-state index contributed by atoms with van der Waals surface area (Å²) in [6, 6.07) is 0. The highest BCUT2D eigenvalue weighted by Crippen LogP contribution is 2.37. The molecule has 0 bridgehead atoms. The number of aromatic amines is 1. The van der Waals surface area contributed by atoms with E-state index in [9.17, 15) is 4.79 Å². The first-order valence-electron chi connectivity index (χ1n) is 4.34. The van der Waals surface area contributed by atoms with Gasteiger partial charge in [0.2, 0.25) is 5.91 Å². The van der Waals surface area contributed by atoms with E-state index in [1.807, 2.05) is 0 Å². The summed E-state index contributed by atoms with van der Waals surface area (Å²) in [5.41, 5.74) is -0.0476. The molecule has 2 N–H and O–H groups in total. The average Bonchev–Trinajstić information content (AvgIpc) is 2.61. The fourth-order valence-corrected chi connectivity index (χ4v) is 1.49. The molecular formula is C8H12N4O. The van der Waals surface area contributed by atoms with E-state index in [0.717, 1.165) is 25.1 Å². The van der Waals surface area contributed by atoms with Crippen molar-refractivity contribution in [3.63, 3.8) is 0 Å². The van der Waals surface area contributed by atoms with Crippen LogP contribution in [0.3, 0.4) is 0 Å². The number of aromatic nitrogens is 3. The van der Waals surface area contributed by atoms with Gasteiger partial charge in [0.15, 0.2) is 5.82 Å². The summed E-state index contributed by atoms with van der Waals surface area (Å²) in [7, 11) is 0. The number of rotatable bonds is 3. The average molecular weight is 180 g/mol. The molecule has 2 rings (SSSR count). The van der Waals surface area contributed by atoms with Crippen LogP contribution in [-0.2, 0) is 11.2 Å². The standard InChI is InChI=1S/C8H12N4O/c1-6(13)11-8(2-3-8)4-7-9-5-10-12-7/h5H,2-4H2,1H3,(H,11,13)(H,9,10,12). The molecule has 1 heterocycles. The lowest BCUT2D eigenvalue weighted by Gasteiger charge is -2.13. The largest absolute Gasteiger partial charge is 0.350 e. The van der Waals surface area contributed by atoms with Gasteiger partial charge in [0, 0.05) is 18.9 Å². The Morgan fingerprint density at radius 2 is 2.54 bits per heavy atom. The smallest absolute Gasteiger partial charge is 0.217 e. The molecule has 1 amide bonds. The number of hydrogen-bond donors (Lipinski definition) is 2. The van der Waals surface area contributed by atoms with Crippen LogP contribution in [0.5, 0.6) is 0 Å². The Balaban J connectivity index is 1.98. The zero-order valence-electron chi connectivity index (χ0n) is 7.50. The number of hydrogen-bond acceptors (Lipinski definition) is 3. The highest BCUT2D eigenvalue weighted by Gasteiger charge is 2.44. The van der Waals surface area contributed by atoms with E-state index in [1.54, 1.807) is 6.33 Å². The highest BCUT2D eigenvalue weighted by atomic mass is 16.1. The molecule has 0 aliphatic heterocycles. The van der Waals surface area contributed by atoms with Gasteiger partial charge in [-0.1, -0.05) is 0 Å². The molecule has 0 spiro atoms. The van der Waals surface area contributed by atoms with E-state index in [0.29, 0.717) is 0 Å². The van der Waals surface area contributed by atoms with E-state index in [2.05, 4.69) is 20.5 Å². The number of amides is 1. The van der Waals surface area contributed by atoms with Crippen molar-refractivity contribution in [1.29, 1.82) is 0 Å². The summed E-state index contributed by atoms with van der Waals surface area (Å²) in [5, 5.41) is 9.56. The first-order chi connectivity index (χ1) is 6.20. The summed E-state index contributed by atoms with van der Waals surface area (Å²) in [5.74, 6) is 0.791. The Kier molecular flexibility index (Phi) is 1.79. The van der Waals surface area contributed by atoms with Crippen LogP contribution < -0.4 is 5.32 Å². The van der Waals surface area contributed by atoms with E-state index in [4.69, 9.17) is 0 Å². The van der Waals surface area contributed by atoms with E-state index >= 15 is 0 Å². The number of carbonyl (C=O) groups is 1. The Hall–Kier alpha value is -1.39. The van der Waals surface area contributed by atoms with Crippen molar-refractivity contribution in [3.05, 3.63) is 12.2 Å². The second-order valence-electron chi connectivity index (χ2n) is 3.55. The van der Waals surface area contributed by atoms with Crippen LogP contribution in [0.2, 0.25) is 0 Å². The number of nitrogens with zero attached hydrogens (tertiary/aromatic N) is 2. The maximum Gasteiger partial charge on any atom is 0.217 e. The summed E-state index contributed by atoms with van der Waals surface area (Å²) in [6.45, 7) is 1.54.